The molecule has 0 aromatic rings. The first-order valence-corrected chi connectivity index (χ1v) is 9.01. The van der Waals surface area contributed by atoms with Gasteiger partial charge in [-0.15, -0.1) is 0 Å². The minimum Gasteiger partial charge on any atom is -0.212 e. The largest absolute Gasteiger partial charge is 0.214 e. The van der Waals surface area contributed by atoms with E-state index in [1.54, 1.807) is 0 Å². The average Bonchev–Trinajstić information content (AvgIpc) is 2.68. The maximum absolute atomic E-state index is 12.2. The maximum atomic E-state index is 12.2. The molecule has 0 bridgehead atoms. The molecule has 1 aliphatic carbocycles. The number of rotatable bonds is 5. The van der Waals surface area contributed by atoms with Gasteiger partial charge in [-0.25, -0.2) is 13.1 Å². The Morgan fingerprint density at radius 1 is 1.29 bits per heavy atom. The Kier molecular flexibility index (Phi) is 5.47. The molecular weight excluding hydrogens is 302 g/mol. The topological polar surface area (TPSA) is 46.2 Å². The van der Waals surface area contributed by atoms with Gasteiger partial charge in [0.2, 0.25) is 10.0 Å². The van der Waals surface area contributed by atoms with Gasteiger partial charge in [-0.1, -0.05) is 49.5 Å². The van der Waals surface area contributed by atoms with Crippen LogP contribution >= 0.6 is 15.9 Å². The van der Waals surface area contributed by atoms with E-state index < -0.39 is 10.0 Å². The first kappa shape index (κ1) is 15.4. The van der Waals surface area contributed by atoms with E-state index in [0.717, 1.165) is 37.4 Å². The van der Waals surface area contributed by atoms with Crippen LogP contribution in [0.4, 0.5) is 0 Å². The molecule has 0 aromatic heterocycles. The summed E-state index contributed by atoms with van der Waals surface area (Å²) in [6.07, 6.45) is 4.56. The highest BCUT2D eigenvalue weighted by Crippen LogP contribution is 2.28. The predicted octanol–water partition coefficient (Wildman–Crippen LogP) is 3.05. The highest BCUT2D eigenvalue weighted by atomic mass is 79.9. The molecule has 1 saturated carbocycles. The molecule has 1 atom stereocenters. The van der Waals surface area contributed by atoms with Crippen molar-refractivity contribution in [3.63, 3.8) is 0 Å². The van der Waals surface area contributed by atoms with Crippen molar-refractivity contribution in [2.45, 2.75) is 64.2 Å². The van der Waals surface area contributed by atoms with Crippen LogP contribution in [0, 0.1) is 5.41 Å². The molecule has 0 saturated heterocycles. The molecule has 1 aliphatic rings. The third kappa shape index (κ3) is 4.52. The number of halogens is 1. The Hall–Kier alpha value is 0.390. The first-order valence-electron chi connectivity index (χ1n) is 6.34. The summed E-state index contributed by atoms with van der Waals surface area (Å²) in [5, 5.41) is 0.657. The molecule has 1 fully saturated rings. The molecule has 1 N–H and O–H groups in total. The standard InChI is InChI=1S/C12H24BrNO2S/c1-12(2,3)11(8-9-13)14-17(15,16)10-6-4-5-7-10/h10-11,14H,4-9H2,1-3H3. The second kappa shape index (κ2) is 6.02. The lowest BCUT2D eigenvalue weighted by Gasteiger charge is -2.32. The third-order valence-electron chi connectivity index (χ3n) is 3.49. The summed E-state index contributed by atoms with van der Waals surface area (Å²) in [5.74, 6) is 0. The Morgan fingerprint density at radius 3 is 2.24 bits per heavy atom. The summed E-state index contributed by atoms with van der Waals surface area (Å²) < 4.78 is 27.4. The third-order valence-corrected chi connectivity index (χ3v) is 5.91. The van der Waals surface area contributed by atoms with Crippen LogP contribution in [0.5, 0.6) is 0 Å². The molecule has 0 heterocycles. The highest BCUT2D eigenvalue weighted by Gasteiger charge is 2.34. The molecule has 0 radical (unpaired) electrons. The second-order valence-electron chi connectivity index (χ2n) is 5.97. The van der Waals surface area contributed by atoms with Gasteiger partial charge in [-0.05, 0) is 24.7 Å². The normalized spacial score (nSPS) is 20.7. The zero-order valence-corrected chi connectivity index (χ0v) is 13.4. The van der Waals surface area contributed by atoms with Crippen molar-refractivity contribution < 1.29 is 8.42 Å². The van der Waals surface area contributed by atoms with Crippen molar-refractivity contribution >= 4 is 26.0 Å². The van der Waals surface area contributed by atoms with Crippen molar-refractivity contribution in [3.8, 4) is 0 Å². The molecule has 102 valence electrons. The monoisotopic (exact) mass is 325 g/mol. The van der Waals surface area contributed by atoms with Crippen LogP contribution in [0.3, 0.4) is 0 Å². The van der Waals surface area contributed by atoms with E-state index in [2.05, 4.69) is 41.4 Å². The first-order chi connectivity index (χ1) is 7.77. The van der Waals surface area contributed by atoms with Crippen molar-refractivity contribution in [2.24, 2.45) is 5.41 Å². The van der Waals surface area contributed by atoms with Crippen LogP contribution in [0.25, 0.3) is 0 Å². The molecule has 1 rings (SSSR count). The van der Waals surface area contributed by atoms with E-state index in [9.17, 15) is 8.42 Å². The molecule has 3 nitrogen and oxygen atoms in total. The minimum atomic E-state index is -3.14. The van der Waals surface area contributed by atoms with Crippen LogP contribution in [0.2, 0.25) is 0 Å². The van der Waals surface area contributed by atoms with Gasteiger partial charge in [0.1, 0.15) is 0 Å². The maximum Gasteiger partial charge on any atom is 0.214 e. The molecule has 0 aliphatic heterocycles. The summed E-state index contributed by atoms with van der Waals surface area (Å²) in [6.45, 7) is 6.24. The quantitative estimate of drug-likeness (QED) is 0.789. The zero-order chi connectivity index (χ0) is 13.1. The Morgan fingerprint density at radius 2 is 1.82 bits per heavy atom. The summed E-state index contributed by atoms with van der Waals surface area (Å²) in [6, 6.07) is 0.00692. The molecule has 5 heteroatoms. The number of hydrogen-bond acceptors (Lipinski definition) is 2. The van der Waals surface area contributed by atoms with Gasteiger partial charge in [-0.3, -0.25) is 0 Å². The van der Waals surface area contributed by atoms with Gasteiger partial charge in [0.15, 0.2) is 0 Å². The Balaban J connectivity index is 2.72. The number of alkyl halides is 1. The van der Waals surface area contributed by atoms with E-state index in [1.807, 2.05) is 0 Å². The molecule has 17 heavy (non-hydrogen) atoms. The molecule has 1 unspecified atom stereocenters. The van der Waals surface area contributed by atoms with Crippen molar-refractivity contribution in [2.75, 3.05) is 5.33 Å². The van der Waals surface area contributed by atoms with Gasteiger partial charge < -0.3 is 0 Å². The van der Waals surface area contributed by atoms with Crippen molar-refractivity contribution in [1.82, 2.24) is 4.72 Å². The fourth-order valence-electron chi connectivity index (χ4n) is 2.27. The van der Waals surface area contributed by atoms with Crippen LogP contribution < -0.4 is 4.72 Å². The van der Waals surface area contributed by atoms with Gasteiger partial charge >= 0.3 is 0 Å². The summed E-state index contributed by atoms with van der Waals surface area (Å²) in [4.78, 5) is 0. The summed E-state index contributed by atoms with van der Waals surface area (Å²) in [7, 11) is -3.14. The van der Waals surface area contributed by atoms with Gasteiger partial charge in [0.25, 0.3) is 0 Å². The minimum absolute atomic E-state index is 0.00692. The van der Waals surface area contributed by atoms with E-state index >= 15 is 0 Å². The lowest BCUT2D eigenvalue weighted by Crippen LogP contribution is -2.46. The van der Waals surface area contributed by atoms with Gasteiger partial charge in [-0.2, -0.15) is 0 Å². The van der Waals surface area contributed by atoms with E-state index in [0.29, 0.717) is 0 Å². The van der Waals surface area contributed by atoms with Crippen LogP contribution in [-0.2, 0) is 10.0 Å². The Bertz CT molecular complexity index is 329. The highest BCUT2D eigenvalue weighted by molar-refractivity contribution is 9.09. The van der Waals surface area contributed by atoms with Crippen LogP contribution in [0.1, 0.15) is 52.9 Å². The smallest absolute Gasteiger partial charge is 0.212 e. The predicted molar refractivity (Wildman–Crippen MR) is 76.0 cm³/mol. The molecule has 0 spiro atoms. The average molecular weight is 326 g/mol. The number of nitrogens with one attached hydrogen (secondary N) is 1. The van der Waals surface area contributed by atoms with Crippen LogP contribution in [0.15, 0.2) is 0 Å². The van der Waals surface area contributed by atoms with Crippen molar-refractivity contribution in [1.29, 1.82) is 0 Å². The molecule has 0 aromatic carbocycles. The summed E-state index contributed by atoms with van der Waals surface area (Å²) in [5.41, 5.74) is -0.0422. The molecular formula is C12H24BrNO2S. The number of hydrogen-bond donors (Lipinski definition) is 1. The van der Waals surface area contributed by atoms with Crippen LogP contribution in [-0.4, -0.2) is 25.0 Å². The number of sulfonamides is 1. The lowest BCUT2D eigenvalue weighted by atomic mass is 9.86. The SMILES string of the molecule is CC(C)(C)C(CCBr)NS(=O)(=O)C1CCCC1. The van der Waals surface area contributed by atoms with Gasteiger partial charge in [0.05, 0.1) is 5.25 Å². The van der Waals surface area contributed by atoms with Gasteiger partial charge in [0, 0.05) is 11.4 Å². The lowest BCUT2D eigenvalue weighted by molar-refractivity contribution is 0.292. The van der Waals surface area contributed by atoms with E-state index in [-0.39, 0.29) is 16.7 Å². The fourth-order valence-corrected chi connectivity index (χ4v) is 4.74. The van der Waals surface area contributed by atoms with E-state index in [1.165, 1.54) is 0 Å². The van der Waals surface area contributed by atoms with Crippen molar-refractivity contribution in [3.05, 3.63) is 0 Å². The summed E-state index contributed by atoms with van der Waals surface area (Å²) >= 11 is 3.40. The van der Waals surface area contributed by atoms with E-state index in [4.69, 9.17) is 0 Å². The Labute approximate surface area is 114 Å². The zero-order valence-electron chi connectivity index (χ0n) is 11.0. The second-order valence-corrected chi connectivity index (χ2v) is 8.75. The molecule has 0 amide bonds. The fraction of sp³-hybridized carbons (Fsp3) is 1.00.